The molecule has 0 aromatic carbocycles. The first-order chi connectivity index (χ1) is 6.52. The second-order valence-electron chi connectivity index (χ2n) is 3.90. The van der Waals surface area contributed by atoms with E-state index in [1.807, 2.05) is 6.92 Å². The Kier molecular flexibility index (Phi) is 2.27. The van der Waals surface area contributed by atoms with Crippen molar-refractivity contribution in [1.82, 2.24) is 15.1 Å². The lowest BCUT2D eigenvalue weighted by molar-refractivity contribution is 0.0889. The first kappa shape index (κ1) is 9.93. The molecule has 1 saturated heterocycles. The molecule has 3 nitrogen and oxygen atoms in total. The van der Waals surface area contributed by atoms with Crippen molar-refractivity contribution in [2.75, 3.05) is 13.1 Å². The Hall–Kier alpha value is -0.610. The second-order valence-corrected chi connectivity index (χ2v) is 4.28. The van der Waals surface area contributed by atoms with E-state index in [1.54, 1.807) is 11.7 Å². The zero-order valence-corrected chi connectivity index (χ0v) is 9.03. The van der Waals surface area contributed by atoms with Crippen LogP contribution in [0.4, 0.5) is 4.39 Å². The molecule has 0 bridgehead atoms. The van der Waals surface area contributed by atoms with Crippen molar-refractivity contribution >= 4 is 11.6 Å². The molecule has 5 heteroatoms. The minimum Gasteiger partial charge on any atom is -0.310 e. The van der Waals surface area contributed by atoms with Crippen LogP contribution in [0.25, 0.3) is 0 Å². The van der Waals surface area contributed by atoms with Gasteiger partial charge < -0.3 is 5.32 Å². The molecule has 1 aliphatic rings. The molecule has 0 unspecified atom stereocenters. The zero-order chi connectivity index (χ0) is 10.3. The minimum absolute atomic E-state index is 0.343. The monoisotopic (exact) mass is 217 g/mol. The van der Waals surface area contributed by atoms with Gasteiger partial charge >= 0.3 is 0 Å². The van der Waals surface area contributed by atoms with Gasteiger partial charge in [-0.3, -0.25) is 4.68 Å². The van der Waals surface area contributed by atoms with Gasteiger partial charge in [0.1, 0.15) is 5.67 Å². The maximum atomic E-state index is 13.8. The van der Waals surface area contributed by atoms with Gasteiger partial charge in [-0.15, -0.1) is 0 Å². The van der Waals surface area contributed by atoms with Gasteiger partial charge in [-0.1, -0.05) is 11.6 Å². The standard InChI is InChI=1S/C9H13ClFN3/c1-6-8(10)7(14(2)13-6)3-9(11)4-12-5-9/h12H,3-5H2,1-2H3. The van der Waals surface area contributed by atoms with Gasteiger partial charge in [0, 0.05) is 26.6 Å². The molecule has 2 rings (SSSR count). The molecule has 1 aliphatic heterocycles. The normalized spacial score (nSPS) is 19.4. The van der Waals surface area contributed by atoms with Crippen LogP contribution < -0.4 is 5.32 Å². The first-order valence-corrected chi connectivity index (χ1v) is 4.97. The third-order valence-electron chi connectivity index (χ3n) is 2.63. The Morgan fingerprint density at radius 2 is 2.29 bits per heavy atom. The maximum Gasteiger partial charge on any atom is 0.141 e. The first-order valence-electron chi connectivity index (χ1n) is 4.59. The third kappa shape index (κ3) is 1.53. The summed E-state index contributed by atoms with van der Waals surface area (Å²) in [5.74, 6) is 0. The van der Waals surface area contributed by atoms with Crippen molar-refractivity contribution in [1.29, 1.82) is 0 Å². The van der Waals surface area contributed by atoms with Crippen LogP contribution in [0.5, 0.6) is 0 Å². The van der Waals surface area contributed by atoms with Crippen LogP contribution in [-0.4, -0.2) is 28.5 Å². The van der Waals surface area contributed by atoms with Gasteiger partial charge in [0.25, 0.3) is 0 Å². The fourth-order valence-corrected chi connectivity index (χ4v) is 1.92. The summed E-state index contributed by atoms with van der Waals surface area (Å²) in [6.07, 6.45) is 0.343. The van der Waals surface area contributed by atoms with Crippen molar-refractivity contribution < 1.29 is 4.39 Å². The molecule has 0 aliphatic carbocycles. The third-order valence-corrected chi connectivity index (χ3v) is 3.12. The smallest absolute Gasteiger partial charge is 0.141 e. The lowest BCUT2D eigenvalue weighted by Crippen LogP contribution is -2.57. The highest BCUT2D eigenvalue weighted by molar-refractivity contribution is 6.31. The van der Waals surface area contributed by atoms with E-state index >= 15 is 0 Å². The van der Waals surface area contributed by atoms with E-state index in [0.29, 0.717) is 24.5 Å². The molecule has 0 radical (unpaired) electrons. The molecule has 1 N–H and O–H groups in total. The van der Waals surface area contributed by atoms with Crippen molar-refractivity contribution in [3.05, 3.63) is 16.4 Å². The van der Waals surface area contributed by atoms with E-state index in [2.05, 4.69) is 10.4 Å². The summed E-state index contributed by atoms with van der Waals surface area (Å²) in [6.45, 7) is 2.65. The molecular weight excluding hydrogens is 205 g/mol. The summed E-state index contributed by atoms with van der Waals surface area (Å²) in [7, 11) is 1.80. The number of aromatic nitrogens is 2. The summed E-state index contributed by atoms with van der Waals surface area (Å²) >= 11 is 6.03. The summed E-state index contributed by atoms with van der Waals surface area (Å²) in [4.78, 5) is 0. The average molecular weight is 218 g/mol. The highest BCUT2D eigenvalue weighted by Crippen LogP contribution is 2.27. The summed E-state index contributed by atoms with van der Waals surface area (Å²) in [5, 5.41) is 7.66. The van der Waals surface area contributed by atoms with Crippen molar-refractivity contribution in [3.8, 4) is 0 Å². The number of rotatable bonds is 2. The molecule has 2 heterocycles. The summed E-state index contributed by atoms with van der Waals surface area (Å²) < 4.78 is 15.5. The van der Waals surface area contributed by atoms with Crippen LogP contribution in [0.15, 0.2) is 0 Å². The molecular formula is C9H13ClFN3. The van der Waals surface area contributed by atoms with Crippen LogP contribution in [0.2, 0.25) is 5.02 Å². The van der Waals surface area contributed by atoms with E-state index in [4.69, 9.17) is 11.6 Å². The Bertz CT molecular complexity index is 357. The quantitative estimate of drug-likeness (QED) is 0.808. The maximum absolute atomic E-state index is 13.8. The highest BCUT2D eigenvalue weighted by atomic mass is 35.5. The van der Waals surface area contributed by atoms with Crippen LogP contribution in [0.3, 0.4) is 0 Å². The molecule has 0 amide bonds. The van der Waals surface area contributed by atoms with E-state index < -0.39 is 5.67 Å². The molecule has 78 valence electrons. The number of aryl methyl sites for hydroxylation is 2. The topological polar surface area (TPSA) is 29.9 Å². The van der Waals surface area contributed by atoms with Crippen LogP contribution in [0, 0.1) is 6.92 Å². The number of hydrogen-bond acceptors (Lipinski definition) is 2. The molecule has 1 aromatic heterocycles. The number of halogens is 2. The van der Waals surface area contributed by atoms with Gasteiger partial charge in [0.2, 0.25) is 0 Å². The van der Waals surface area contributed by atoms with E-state index in [0.717, 1.165) is 11.4 Å². The van der Waals surface area contributed by atoms with Crippen LogP contribution in [0.1, 0.15) is 11.4 Å². The molecule has 1 fully saturated rings. The molecule has 0 spiro atoms. The largest absolute Gasteiger partial charge is 0.310 e. The van der Waals surface area contributed by atoms with E-state index in [1.165, 1.54) is 0 Å². The SMILES string of the molecule is Cc1nn(C)c(CC2(F)CNC2)c1Cl. The van der Waals surface area contributed by atoms with Crippen LogP contribution in [-0.2, 0) is 13.5 Å². The Morgan fingerprint density at radius 1 is 1.64 bits per heavy atom. The Labute approximate surface area is 87.2 Å². The Morgan fingerprint density at radius 3 is 2.64 bits per heavy atom. The predicted octanol–water partition coefficient (Wildman–Crippen LogP) is 1.24. The minimum atomic E-state index is -1.14. The highest BCUT2D eigenvalue weighted by Gasteiger charge is 2.38. The Balaban J connectivity index is 2.23. The van der Waals surface area contributed by atoms with Crippen molar-refractivity contribution in [2.24, 2.45) is 7.05 Å². The number of hydrogen-bond donors (Lipinski definition) is 1. The lowest BCUT2D eigenvalue weighted by Gasteiger charge is -2.34. The van der Waals surface area contributed by atoms with Gasteiger partial charge in [-0.2, -0.15) is 5.10 Å². The van der Waals surface area contributed by atoms with Crippen molar-refractivity contribution in [2.45, 2.75) is 19.0 Å². The van der Waals surface area contributed by atoms with Gasteiger partial charge in [-0.05, 0) is 6.92 Å². The van der Waals surface area contributed by atoms with E-state index in [9.17, 15) is 4.39 Å². The molecule has 1 aromatic rings. The van der Waals surface area contributed by atoms with Gasteiger partial charge in [-0.25, -0.2) is 4.39 Å². The lowest BCUT2D eigenvalue weighted by atomic mass is 9.93. The second kappa shape index (κ2) is 3.21. The number of alkyl halides is 1. The average Bonchev–Trinajstić information content (AvgIpc) is 2.29. The molecule has 14 heavy (non-hydrogen) atoms. The fraction of sp³-hybridized carbons (Fsp3) is 0.667. The zero-order valence-electron chi connectivity index (χ0n) is 8.27. The number of nitrogens with one attached hydrogen (secondary N) is 1. The van der Waals surface area contributed by atoms with Gasteiger partial charge in [0.05, 0.1) is 16.4 Å². The summed E-state index contributed by atoms with van der Waals surface area (Å²) in [6, 6.07) is 0. The molecule has 0 saturated carbocycles. The predicted molar refractivity (Wildman–Crippen MR) is 53.4 cm³/mol. The van der Waals surface area contributed by atoms with Gasteiger partial charge in [0.15, 0.2) is 0 Å². The van der Waals surface area contributed by atoms with Crippen molar-refractivity contribution in [3.63, 3.8) is 0 Å². The van der Waals surface area contributed by atoms with Crippen LogP contribution >= 0.6 is 11.6 Å². The molecule has 0 atom stereocenters. The number of nitrogens with zero attached hydrogens (tertiary/aromatic N) is 2. The van der Waals surface area contributed by atoms with E-state index in [-0.39, 0.29) is 0 Å². The summed E-state index contributed by atoms with van der Waals surface area (Å²) in [5.41, 5.74) is 0.414. The fourth-order valence-electron chi connectivity index (χ4n) is 1.69.